The Morgan fingerprint density at radius 3 is 2.82 bits per heavy atom. The molecule has 2 aromatic rings. The predicted molar refractivity (Wildman–Crippen MR) is 64.7 cm³/mol. The van der Waals surface area contributed by atoms with Gasteiger partial charge in [-0.2, -0.15) is 0 Å². The maximum absolute atomic E-state index is 13.3. The van der Waals surface area contributed by atoms with Gasteiger partial charge in [0.05, 0.1) is 0 Å². The first-order valence-corrected chi connectivity index (χ1v) is 5.76. The fraction of sp³-hybridized carbons (Fsp3) is 0.200. The van der Waals surface area contributed by atoms with E-state index in [2.05, 4.69) is 19.1 Å². The second kappa shape index (κ2) is 3.88. The second-order valence-corrected chi connectivity index (χ2v) is 4.39. The van der Waals surface area contributed by atoms with Crippen LogP contribution in [0.5, 0.6) is 5.75 Å². The molecule has 17 heavy (non-hydrogen) atoms. The van der Waals surface area contributed by atoms with Crippen LogP contribution in [0.4, 0.5) is 4.39 Å². The third kappa shape index (κ3) is 1.70. The van der Waals surface area contributed by atoms with Gasteiger partial charge in [-0.05, 0) is 29.3 Å². The normalized spacial score (nSPS) is 17.6. The summed E-state index contributed by atoms with van der Waals surface area (Å²) in [4.78, 5) is 0. The molecule has 2 aromatic carbocycles. The zero-order valence-electron chi connectivity index (χ0n) is 9.61. The highest BCUT2D eigenvalue weighted by molar-refractivity contribution is 5.46. The van der Waals surface area contributed by atoms with Crippen molar-refractivity contribution in [3.63, 3.8) is 0 Å². The zero-order valence-corrected chi connectivity index (χ0v) is 9.61. The molecule has 0 spiro atoms. The standard InChI is InChI=1S/C15H13FO/c1-10-13-5-3-2-4-11(13)9-17-15-7-6-12(16)8-14(10)15/h2-8,10H,9H2,1H3. The van der Waals surface area contributed by atoms with Crippen molar-refractivity contribution in [3.05, 3.63) is 65.0 Å². The van der Waals surface area contributed by atoms with E-state index < -0.39 is 0 Å². The van der Waals surface area contributed by atoms with Gasteiger partial charge >= 0.3 is 0 Å². The lowest BCUT2D eigenvalue weighted by atomic mass is 9.90. The van der Waals surface area contributed by atoms with Crippen molar-refractivity contribution < 1.29 is 9.13 Å². The first kappa shape index (κ1) is 10.3. The Hall–Kier alpha value is -1.83. The molecular formula is C15H13FO. The quantitative estimate of drug-likeness (QED) is 0.665. The molecule has 1 unspecified atom stereocenters. The van der Waals surface area contributed by atoms with Gasteiger partial charge in [-0.25, -0.2) is 4.39 Å². The minimum atomic E-state index is -0.210. The van der Waals surface area contributed by atoms with Gasteiger partial charge in [-0.15, -0.1) is 0 Å². The van der Waals surface area contributed by atoms with Crippen LogP contribution in [-0.4, -0.2) is 0 Å². The Balaban J connectivity index is 2.18. The number of ether oxygens (including phenoxy) is 1. The average molecular weight is 228 g/mol. The largest absolute Gasteiger partial charge is 0.489 e. The Labute approximate surface area is 99.9 Å². The van der Waals surface area contributed by atoms with Gasteiger partial charge in [0.2, 0.25) is 0 Å². The molecule has 1 aliphatic rings. The summed E-state index contributed by atoms with van der Waals surface area (Å²) in [5.41, 5.74) is 3.32. The third-order valence-electron chi connectivity index (χ3n) is 3.34. The van der Waals surface area contributed by atoms with Gasteiger partial charge in [0.25, 0.3) is 0 Å². The highest BCUT2D eigenvalue weighted by Crippen LogP contribution is 2.37. The van der Waals surface area contributed by atoms with Crippen LogP contribution in [0.2, 0.25) is 0 Å². The van der Waals surface area contributed by atoms with Gasteiger partial charge in [0.15, 0.2) is 0 Å². The summed E-state index contributed by atoms with van der Waals surface area (Å²) in [7, 11) is 0. The van der Waals surface area contributed by atoms with E-state index in [0.717, 1.165) is 11.3 Å². The van der Waals surface area contributed by atoms with E-state index in [4.69, 9.17) is 4.74 Å². The lowest BCUT2D eigenvalue weighted by molar-refractivity contribution is 0.306. The zero-order chi connectivity index (χ0) is 11.8. The van der Waals surface area contributed by atoms with Crippen molar-refractivity contribution in [2.75, 3.05) is 0 Å². The van der Waals surface area contributed by atoms with Gasteiger partial charge < -0.3 is 4.74 Å². The van der Waals surface area contributed by atoms with Crippen LogP contribution in [-0.2, 0) is 6.61 Å². The number of hydrogen-bond acceptors (Lipinski definition) is 1. The van der Waals surface area contributed by atoms with Crippen molar-refractivity contribution in [2.45, 2.75) is 19.4 Å². The molecule has 1 atom stereocenters. The lowest BCUT2D eigenvalue weighted by Gasteiger charge is -2.13. The van der Waals surface area contributed by atoms with Crippen LogP contribution in [0.15, 0.2) is 42.5 Å². The van der Waals surface area contributed by atoms with Crippen molar-refractivity contribution in [3.8, 4) is 5.75 Å². The molecule has 0 aromatic heterocycles. The first-order chi connectivity index (χ1) is 8.25. The Kier molecular flexibility index (Phi) is 2.36. The maximum atomic E-state index is 13.3. The number of benzene rings is 2. The van der Waals surface area contributed by atoms with Gasteiger partial charge in [0.1, 0.15) is 18.2 Å². The molecule has 1 heterocycles. The van der Waals surface area contributed by atoms with Crippen LogP contribution in [0.1, 0.15) is 29.5 Å². The summed E-state index contributed by atoms with van der Waals surface area (Å²) in [5.74, 6) is 0.744. The molecule has 3 rings (SSSR count). The molecule has 0 saturated carbocycles. The van der Waals surface area contributed by atoms with E-state index in [-0.39, 0.29) is 11.7 Å². The fourth-order valence-corrected chi connectivity index (χ4v) is 2.40. The third-order valence-corrected chi connectivity index (χ3v) is 3.34. The molecule has 0 fully saturated rings. The predicted octanol–water partition coefficient (Wildman–Crippen LogP) is 3.87. The minimum absolute atomic E-state index is 0.166. The lowest BCUT2D eigenvalue weighted by Crippen LogP contribution is -1.98. The molecule has 2 heteroatoms. The monoisotopic (exact) mass is 228 g/mol. The summed E-state index contributed by atoms with van der Waals surface area (Å²) < 4.78 is 19.1. The molecule has 0 aliphatic carbocycles. The van der Waals surface area contributed by atoms with Crippen LogP contribution in [0.25, 0.3) is 0 Å². The van der Waals surface area contributed by atoms with Crippen LogP contribution < -0.4 is 4.74 Å². The molecule has 1 aliphatic heterocycles. The SMILES string of the molecule is CC1c2ccccc2COc2ccc(F)cc21. The Morgan fingerprint density at radius 1 is 1.12 bits per heavy atom. The molecule has 0 amide bonds. The summed E-state index contributed by atoms with van der Waals surface area (Å²) in [6, 6.07) is 12.9. The topological polar surface area (TPSA) is 9.23 Å². The second-order valence-electron chi connectivity index (χ2n) is 4.39. The molecule has 0 bridgehead atoms. The van der Waals surface area contributed by atoms with Crippen LogP contribution >= 0.6 is 0 Å². The van der Waals surface area contributed by atoms with Crippen LogP contribution in [0.3, 0.4) is 0 Å². The van der Waals surface area contributed by atoms with E-state index in [1.807, 2.05) is 12.1 Å². The minimum Gasteiger partial charge on any atom is -0.489 e. The highest BCUT2D eigenvalue weighted by Gasteiger charge is 2.21. The molecular weight excluding hydrogens is 215 g/mol. The molecule has 0 N–H and O–H groups in total. The molecule has 0 saturated heterocycles. The summed E-state index contributed by atoms with van der Waals surface area (Å²) >= 11 is 0. The van der Waals surface area contributed by atoms with E-state index in [0.29, 0.717) is 6.61 Å². The van der Waals surface area contributed by atoms with E-state index in [1.165, 1.54) is 17.2 Å². The molecule has 0 radical (unpaired) electrons. The number of hydrogen-bond donors (Lipinski definition) is 0. The maximum Gasteiger partial charge on any atom is 0.123 e. The summed E-state index contributed by atoms with van der Waals surface area (Å²) in [6.45, 7) is 2.64. The van der Waals surface area contributed by atoms with E-state index in [9.17, 15) is 4.39 Å². The van der Waals surface area contributed by atoms with Crippen LogP contribution in [0, 0.1) is 5.82 Å². The Bertz CT molecular complexity index is 563. The Morgan fingerprint density at radius 2 is 1.94 bits per heavy atom. The van der Waals surface area contributed by atoms with Crippen molar-refractivity contribution in [1.82, 2.24) is 0 Å². The number of halogens is 1. The van der Waals surface area contributed by atoms with Crippen molar-refractivity contribution in [1.29, 1.82) is 0 Å². The van der Waals surface area contributed by atoms with Gasteiger partial charge in [-0.1, -0.05) is 31.2 Å². The summed E-state index contributed by atoms with van der Waals surface area (Å²) in [5, 5.41) is 0. The van der Waals surface area contributed by atoms with E-state index >= 15 is 0 Å². The van der Waals surface area contributed by atoms with E-state index in [1.54, 1.807) is 12.1 Å². The number of fused-ring (bicyclic) bond motifs is 2. The average Bonchev–Trinajstić information content (AvgIpc) is 2.49. The first-order valence-electron chi connectivity index (χ1n) is 5.76. The molecule has 86 valence electrons. The van der Waals surface area contributed by atoms with Crippen molar-refractivity contribution >= 4 is 0 Å². The van der Waals surface area contributed by atoms with Gasteiger partial charge in [0, 0.05) is 11.5 Å². The smallest absolute Gasteiger partial charge is 0.123 e. The van der Waals surface area contributed by atoms with Crippen molar-refractivity contribution in [2.24, 2.45) is 0 Å². The number of rotatable bonds is 0. The summed E-state index contributed by atoms with van der Waals surface area (Å²) in [6.07, 6.45) is 0. The highest BCUT2D eigenvalue weighted by atomic mass is 19.1. The van der Waals surface area contributed by atoms with Gasteiger partial charge in [-0.3, -0.25) is 0 Å². The fourth-order valence-electron chi connectivity index (χ4n) is 2.40. The molecule has 1 nitrogen and oxygen atoms in total.